The largest absolute Gasteiger partial charge is 0.242 e. The van der Waals surface area contributed by atoms with Gasteiger partial charge >= 0.3 is 0 Å². The Morgan fingerprint density at radius 1 is 1.14 bits per heavy atom. The molecule has 1 unspecified atom stereocenters. The summed E-state index contributed by atoms with van der Waals surface area (Å²) in [7, 11) is -3.70. The zero-order chi connectivity index (χ0) is 15.9. The highest BCUT2D eigenvalue weighted by Crippen LogP contribution is 2.34. The van der Waals surface area contributed by atoms with E-state index in [0.29, 0.717) is 10.6 Å². The third kappa shape index (κ3) is 2.88. The van der Waals surface area contributed by atoms with Crippen LogP contribution in [-0.4, -0.2) is 8.42 Å². The third-order valence-electron chi connectivity index (χ3n) is 3.93. The van der Waals surface area contributed by atoms with E-state index in [2.05, 4.69) is 4.72 Å². The predicted octanol–water partition coefficient (Wildman–Crippen LogP) is 4.27. The first-order chi connectivity index (χ1) is 10.4. The van der Waals surface area contributed by atoms with E-state index in [0.717, 1.165) is 18.4 Å². The van der Waals surface area contributed by atoms with E-state index in [1.54, 1.807) is 6.92 Å². The summed E-state index contributed by atoms with van der Waals surface area (Å²) in [5.74, 6) is 0. The van der Waals surface area contributed by atoms with Crippen LogP contribution < -0.4 is 4.72 Å². The second-order valence-corrected chi connectivity index (χ2v) is 7.94. The lowest BCUT2D eigenvalue weighted by Crippen LogP contribution is -2.27. The van der Waals surface area contributed by atoms with Crippen molar-refractivity contribution in [3.05, 3.63) is 63.1 Å². The van der Waals surface area contributed by atoms with E-state index in [1.807, 2.05) is 24.3 Å². The number of aryl methyl sites for hydroxylation is 2. The van der Waals surface area contributed by atoms with Crippen LogP contribution in [0.25, 0.3) is 0 Å². The molecular weight excluding hydrogens is 341 g/mol. The van der Waals surface area contributed by atoms with Crippen LogP contribution in [0.15, 0.2) is 41.3 Å². The van der Waals surface area contributed by atoms with Crippen LogP contribution in [0, 0.1) is 6.92 Å². The van der Waals surface area contributed by atoms with Crippen molar-refractivity contribution in [1.29, 1.82) is 0 Å². The molecule has 0 heterocycles. The summed E-state index contributed by atoms with van der Waals surface area (Å²) in [5, 5.41) is 0.588. The topological polar surface area (TPSA) is 46.2 Å². The molecule has 0 aliphatic heterocycles. The van der Waals surface area contributed by atoms with Crippen LogP contribution in [0.1, 0.15) is 29.2 Å². The van der Waals surface area contributed by atoms with Gasteiger partial charge in [0.05, 0.1) is 5.02 Å². The third-order valence-corrected chi connectivity index (χ3v) is 6.28. The molecule has 3 rings (SSSR count). The highest BCUT2D eigenvalue weighted by molar-refractivity contribution is 7.89. The molecule has 3 nitrogen and oxygen atoms in total. The van der Waals surface area contributed by atoms with Crippen LogP contribution in [0.3, 0.4) is 0 Å². The van der Waals surface area contributed by atoms with E-state index in [4.69, 9.17) is 23.2 Å². The van der Waals surface area contributed by atoms with E-state index in [-0.39, 0.29) is 16.0 Å². The normalized spacial score (nSPS) is 17.5. The van der Waals surface area contributed by atoms with Crippen molar-refractivity contribution in [3.8, 4) is 0 Å². The molecule has 2 aromatic carbocycles. The quantitative estimate of drug-likeness (QED) is 0.893. The zero-order valence-corrected chi connectivity index (χ0v) is 14.3. The number of hydrogen-bond acceptors (Lipinski definition) is 2. The second kappa shape index (κ2) is 5.85. The number of fused-ring (bicyclic) bond motifs is 1. The lowest BCUT2D eigenvalue weighted by molar-refractivity contribution is 0.554. The first-order valence-electron chi connectivity index (χ1n) is 6.94. The maximum Gasteiger partial charge on any atom is 0.242 e. The minimum atomic E-state index is -3.70. The zero-order valence-electron chi connectivity index (χ0n) is 11.9. The van der Waals surface area contributed by atoms with Gasteiger partial charge in [-0.25, -0.2) is 13.1 Å². The summed E-state index contributed by atoms with van der Waals surface area (Å²) in [6.07, 6.45) is 1.62. The average Bonchev–Trinajstić information content (AvgIpc) is 2.85. The van der Waals surface area contributed by atoms with Crippen molar-refractivity contribution in [2.75, 3.05) is 0 Å². The van der Waals surface area contributed by atoms with Gasteiger partial charge in [-0.15, -0.1) is 0 Å². The van der Waals surface area contributed by atoms with E-state index >= 15 is 0 Å². The van der Waals surface area contributed by atoms with Gasteiger partial charge in [0.1, 0.15) is 4.90 Å². The summed E-state index contributed by atoms with van der Waals surface area (Å²) in [6.45, 7) is 1.75. The van der Waals surface area contributed by atoms with Crippen molar-refractivity contribution >= 4 is 33.2 Å². The molecule has 0 bridgehead atoms. The molecular formula is C16H15Cl2NO2S. The minimum Gasteiger partial charge on any atom is -0.207 e. The van der Waals surface area contributed by atoms with Gasteiger partial charge in [0.25, 0.3) is 0 Å². The lowest BCUT2D eigenvalue weighted by Gasteiger charge is -2.16. The number of halogens is 2. The highest BCUT2D eigenvalue weighted by atomic mass is 35.5. The van der Waals surface area contributed by atoms with Crippen molar-refractivity contribution in [2.24, 2.45) is 0 Å². The van der Waals surface area contributed by atoms with Crippen LogP contribution in [0.4, 0.5) is 0 Å². The monoisotopic (exact) mass is 355 g/mol. The summed E-state index contributed by atoms with van der Waals surface area (Å²) in [6, 6.07) is 10.6. The Hall–Kier alpha value is -1.07. The molecule has 0 saturated carbocycles. The lowest BCUT2D eigenvalue weighted by atomic mass is 10.1. The summed E-state index contributed by atoms with van der Waals surface area (Å²) >= 11 is 12.0. The highest BCUT2D eigenvalue weighted by Gasteiger charge is 2.28. The number of sulfonamides is 1. The maximum atomic E-state index is 12.6. The number of rotatable bonds is 3. The Morgan fingerprint density at radius 3 is 2.64 bits per heavy atom. The van der Waals surface area contributed by atoms with Gasteiger partial charge in [-0.1, -0.05) is 47.5 Å². The van der Waals surface area contributed by atoms with Gasteiger partial charge in [0.15, 0.2) is 0 Å². The van der Waals surface area contributed by atoms with Gasteiger partial charge < -0.3 is 0 Å². The molecule has 0 aromatic heterocycles. The Morgan fingerprint density at radius 2 is 1.86 bits per heavy atom. The number of benzene rings is 2. The molecule has 0 radical (unpaired) electrons. The molecule has 0 spiro atoms. The Kier molecular flexibility index (Phi) is 4.21. The van der Waals surface area contributed by atoms with Crippen LogP contribution in [0.2, 0.25) is 10.0 Å². The van der Waals surface area contributed by atoms with Gasteiger partial charge in [0.2, 0.25) is 10.0 Å². The Balaban J connectivity index is 1.94. The first-order valence-corrected chi connectivity index (χ1v) is 9.18. The fourth-order valence-corrected chi connectivity index (χ4v) is 4.85. The molecule has 0 saturated heterocycles. The summed E-state index contributed by atoms with van der Waals surface area (Å²) < 4.78 is 28.0. The number of hydrogen-bond donors (Lipinski definition) is 1. The molecule has 0 fully saturated rings. The molecule has 1 atom stereocenters. The van der Waals surface area contributed by atoms with E-state index < -0.39 is 10.0 Å². The van der Waals surface area contributed by atoms with Gasteiger partial charge in [0, 0.05) is 11.1 Å². The standard InChI is InChI=1S/C16H15Cl2NO2S/c1-10-8-16(14(18)9-13(10)17)22(20,21)19-15-7-6-11-4-2-3-5-12(11)15/h2-5,8-9,15,19H,6-7H2,1H3. The SMILES string of the molecule is Cc1cc(S(=O)(=O)NC2CCc3ccccc32)c(Cl)cc1Cl. The predicted molar refractivity (Wildman–Crippen MR) is 89.0 cm³/mol. The molecule has 2 aromatic rings. The van der Waals surface area contributed by atoms with Crippen molar-refractivity contribution in [1.82, 2.24) is 4.72 Å². The summed E-state index contributed by atoms with van der Waals surface area (Å²) in [5.41, 5.74) is 2.90. The van der Waals surface area contributed by atoms with Gasteiger partial charge in [-0.3, -0.25) is 0 Å². The van der Waals surface area contributed by atoms with Gasteiger partial charge in [-0.2, -0.15) is 0 Å². The molecule has 116 valence electrons. The van der Waals surface area contributed by atoms with Crippen molar-refractivity contribution in [3.63, 3.8) is 0 Å². The second-order valence-electron chi connectivity index (χ2n) is 5.44. The van der Waals surface area contributed by atoms with Gasteiger partial charge in [-0.05, 0) is 48.6 Å². The number of nitrogens with one attached hydrogen (secondary N) is 1. The van der Waals surface area contributed by atoms with Crippen LogP contribution in [0.5, 0.6) is 0 Å². The molecule has 1 N–H and O–H groups in total. The minimum absolute atomic E-state index is 0.0699. The maximum absolute atomic E-state index is 12.6. The fraction of sp³-hybridized carbons (Fsp3) is 0.250. The van der Waals surface area contributed by atoms with Crippen LogP contribution in [-0.2, 0) is 16.4 Å². The summed E-state index contributed by atoms with van der Waals surface area (Å²) in [4.78, 5) is 0.0699. The average molecular weight is 356 g/mol. The fourth-order valence-electron chi connectivity index (χ4n) is 2.77. The molecule has 22 heavy (non-hydrogen) atoms. The van der Waals surface area contributed by atoms with Crippen molar-refractivity contribution < 1.29 is 8.42 Å². The molecule has 1 aliphatic rings. The Labute approximate surface area is 140 Å². The first kappa shape index (κ1) is 15.8. The van der Waals surface area contributed by atoms with Crippen LogP contribution >= 0.6 is 23.2 Å². The smallest absolute Gasteiger partial charge is 0.207 e. The van der Waals surface area contributed by atoms with E-state index in [9.17, 15) is 8.42 Å². The van der Waals surface area contributed by atoms with Crippen molar-refractivity contribution in [2.45, 2.75) is 30.7 Å². The molecule has 0 amide bonds. The molecule has 1 aliphatic carbocycles. The molecule has 6 heteroatoms. The van der Waals surface area contributed by atoms with E-state index in [1.165, 1.54) is 17.7 Å². The Bertz CT molecular complexity index is 834.